The number of ether oxygens (including phenoxy) is 2. The van der Waals surface area contributed by atoms with Gasteiger partial charge in [-0.1, -0.05) is 0 Å². The molecule has 1 aromatic heterocycles. The van der Waals surface area contributed by atoms with E-state index in [1.165, 1.54) is 20.4 Å². The van der Waals surface area contributed by atoms with E-state index in [0.717, 1.165) is 31.5 Å². The summed E-state index contributed by atoms with van der Waals surface area (Å²) >= 11 is 0. The average molecular weight is 387 g/mol. The van der Waals surface area contributed by atoms with Crippen LogP contribution >= 0.6 is 0 Å². The first-order chi connectivity index (χ1) is 13.5. The molecule has 8 nitrogen and oxygen atoms in total. The number of hydrogen-bond donors (Lipinski definition) is 1. The summed E-state index contributed by atoms with van der Waals surface area (Å²) in [5.41, 5.74) is -0.491. The number of hydrogen-bond acceptors (Lipinski definition) is 7. The van der Waals surface area contributed by atoms with Crippen LogP contribution in [0.25, 0.3) is 0 Å². The molecule has 0 radical (unpaired) electrons. The number of pyridine rings is 1. The lowest BCUT2D eigenvalue weighted by Crippen LogP contribution is -2.35. The third kappa shape index (κ3) is 2.78. The molecule has 2 aliphatic heterocycles. The molecule has 8 heteroatoms. The Morgan fingerprint density at radius 3 is 2.43 bits per heavy atom. The van der Waals surface area contributed by atoms with Crippen molar-refractivity contribution in [3.8, 4) is 0 Å². The molecule has 3 atom stereocenters. The third-order valence-corrected chi connectivity index (χ3v) is 6.48. The number of nitrogens with zero attached hydrogens (tertiary/aromatic N) is 2. The Bertz CT molecular complexity index is 792. The quantitative estimate of drug-likeness (QED) is 0.731. The molecular weight excluding hydrogens is 362 g/mol. The lowest BCUT2D eigenvalue weighted by Gasteiger charge is -2.21. The Kier molecular flexibility index (Phi) is 4.61. The summed E-state index contributed by atoms with van der Waals surface area (Å²) in [6, 6.07) is 1.87. The van der Waals surface area contributed by atoms with Gasteiger partial charge >= 0.3 is 11.9 Å². The Morgan fingerprint density at radius 2 is 1.86 bits per heavy atom. The van der Waals surface area contributed by atoms with Crippen LogP contribution in [0, 0.1) is 16.7 Å². The molecule has 3 heterocycles. The highest BCUT2D eigenvalue weighted by Gasteiger charge is 2.82. The Morgan fingerprint density at radius 1 is 1.18 bits per heavy atom. The van der Waals surface area contributed by atoms with Crippen molar-refractivity contribution in [1.29, 1.82) is 0 Å². The SMILES string of the molecule is COC(=O)[C@@]12CN(C(=O)c3cncc(CC4CCNC4)c3)C[C@]1(C(=O)OC)C2. The molecule has 0 aromatic carbocycles. The minimum Gasteiger partial charge on any atom is -0.469 e. The van der Waals surface area contributed by atoms with Gasteiger partial charge in [-0.25, -0.2) is 0 Å². The normalized spacial score (nSPS) is 30.6. The first-order valence-corrected chi connectivity index (χ1v) is 9.56. The number of fused-ring (bicyclic) bond motifs is 1. The average Bonchev–Trinajstić information content (AvgIpc) is 3.03. The molecule has 28 heavy (non-hydrogen) atoms. The van der Waals surface area contributed by atoms with Gasteiger partial charge in [0.2, 0.25) is 0 Å². The van der Waals surface area contributed by atoms with Crippen LogP contribution in [0.3, 0.4) is 0 Å². The Balaban J connectivity index is 1.53. The first-order valence-electron chi connectivity index (χ1n) is 9.56. The number of aromatic nitrogens is 1. The highest BCUT2D eigenvalue weighted by molar-refractivity contribution is 6.00. The molecule has 0 spiro atoms. The second kappa shape index (κ2) is 6.84. The monoisotopic (exact) mass is 387 g/mol. The number of amides is 1. The summed E-state index contributed by atoms with van der Waals surface area (Å²) < 4.78 is 9.85. The predicted octanol–water partition coefficient (Wildman–Crippen LogP) is 0.412. The van der Waals surface area contributed by atoms with Gasteiger partial charge in [-0.05, 0) is 49.9 Å². The molecule has 0 bridgehead atoms. The lowest BCUT2D eigenvalue weighted by molar-refractivity contribution is -0.155. The zero-order valence-corrected chi connectivity index (χ0v) is 16.2. The maximum absolute atomic E-state index is 13.1. The fourth-order valence-corrected chi connectivity index (χ4v) is 4.91. The van der Waals surface area contributed by atoms with Gasteiger partial charge in [0.05, 0.1) is 19.8 Å². The van der Waals surface area contributed by atoms with Crippen molar-refractivity contribution in [1.82, 2.24) is 15.2 Å². The minimum absolute atomic E-state index is 0.157. The highest BCUT2D eigenvalue weighted by atomic mass is 16.5. The summed E-state index contributed by atoms with van der Waals surface area (Å²) in [6.07, 6.45) is 5.68. The maximum atomic E-state index is 13.1. The van der Waals surface area contributed by atoms with E-state index in [4.69, 9.17) is 9.47 Å². The number of rotatable bonds is 5. The van der Waals surface area contributed by atoms with E-state index in [-0.39, 0.29) is 19.0 Å². The van der Waals surface area contributed by atoms with Crippen molar-refractivity contribution >= 4 is 17.8 Å². The topological polar surface area (TPSA) is 97.8 Å². The molecule has 3 aliphatic rings. The van der Waals surface area contributed by atoms with Crippen LogP contribution in [0.2, 0.25) is 0 Å². The fraction of sp³-hybridized carbons (Fsp3) is 0.600. The van der Waals surface area contributed by atoms with E-state index in [9.17, 15) is 14.4 Å². The molecule has 1 amide bonds. The zero-order valence-electron chi connectivity index (χ0n) is 16.2. The molecule has 1 saturated carbocycles. The van der Waals surface area contributed by atoms with Gasteiger partial charge < -0.3 is 19.7 Å². The van der Waals surface area contributed by atoms with Crippen molar-refractivity contribution in [2.75, 3.05) is 40.4 Å². The van der Waals surface area contributed by atoms with Crippen molar-refractivity contribution in [3.05, 3.63) is 29.6 Å². The summed E-state index contributed by atoms with van der Waals surface area (Å²) in [5, 5.41) is 3.34. The molecule has 1 aliphatic carbocycles. The van der Waals surface area contributed by atoms with Gasteiger partial charge in [0.15, 0.2) is 0 Å². The van der Waals surface area contributed by atoms with Crippen molar-refractivity contribution in [2.45, 2.75) is 19.3 Å². The highest BCUT2D eigenvalue weighted by Crippen LogP contribution is 2.69. The number of methoxy groups -OCH3 is 2. The van der Waals surface area contributed by atoms with Crippen molar-refractivity contribution in [2.24, 2.45) is 16.7 Å². The molecule has 1 unspecified atom stereocenters. The number of carbonyl (C=O) groups excluding carboxylic acids is 3. The summed E-state index contributed by atoms with van der Waals surface area (Å²) in [4.78, 5) is 43.6. The zero-order chi connectivity index (χ0) is 19.9. The van der Waals surface area contributed by atoms with E-state index in [0.29, 0.717) is 17.9 Å². The van der Waals surface area contributed by atoms with Crippen LogP contribution in [-0.4, -0.2) is 68.1 Å². The fourth-order valence-electron chi connectivity index (χ4n) is 4.91. The van der Waals surface area contributed by atoms with Crippen LogP contribution in [0.15, 0.2) is 18.5 Å². The molecule has 1 aromatic rings. The number of piperidine rings is 1. The van der Waals surface area contributed by atoms with Crippen LogP contribution in [0.1, 0.15) is 28.8 Å². The molecule has 150 valence electrons. The third-order valence-electron chi connectivity index (χ3n) is 6.48. The van der Waals surface area contributed by atoms with Crippen LogP contribution in [-0.2, 0) is 25.5 Å². The lowest BCUT2D eigenvalue weighted by atomic mass is 9.96. The van der Waals surface area contributed by atoms with Crippen LogP contribution in [0.5, 0.6) is 0 Å². The summed E-state index contributed by atoms with van der Waals surface area (Å²) in [6.45, 7) is 2.32. The predicted molar refractivity (Wildman–Crippen MR) is 98.3 cm³/mol. The number of carbonyl (C=O) groups is 3. The molecular formula is C20H25N3O5. The standard InChI is InChI=1S/C20H25N3O5/c1-27-17(25)19-10-20(19,18(26)28-2)12-23(11-19)16(24)15-6-14(8-22-9-15)5-13-3-4-21-7-13/h6,8-9,13,21H,3-5,7,10-12H2,1-2H3/t13?,19-,20+. The number of esters is 2. The number of nitrogens with one attached hydrogen (secondary N) is 1. The molecule has 1 N–H and O–H groups in total. The second-order valence-corrected chi connectivity index (χ2v) is 8.13. The summed E-state index contributed by atoms with van der Waals surface area (Å²) in [7, 11) is 2.60. The second-order valence-electron chi connectivity index (χ2n) is 8.13. The van der Waals surface area contributed by atoms with Gasteiger partial charge in [0.25, 0.3) is 5.91 Å². The van der Waals surface area contributed by atoms with Crippen molar-refractivity contribution in [3.63, 3.8) is 0 Å². The van der Waals surface area contributed by atoms with Gasteiger partial charge in [-0.2, -0.15) is 0 Å². The van der Waals surface area contributed by atoms with E-state index in [2.05, 4.69) is 10.3 Å². The van der Waals surface area contributed by atoms with Crippen LogP contribution in [0.4, 0.5) is 0 Å². The Hall–Kier alpha value is -2.48. The van der Waals surface area contributed by atoms with E-state index in [1.807, 2.05) is 6.07 Å². The van der Waals surface area contributed by atoms with E-state index < -0.39 is 22.8 Å². The first kappa shape index (κ1) is 18.9. The minimum atomic E-state index is -0.995. The maximum Gasteiger partial charge on any atom is 0.314 e. The van der Waals surface area contributed by atoms with E-state index in [1.54, 1.807) is 11.1 Å². The largest absolute Gasteiger partial charge is 0.469 e. The molecule has 4 rings (SSSR count). The summed E-state index contributed by atoms with van der Waals surface area (Å²) in [5.74, 6) is -0.600. The van der Waals surface area contributed by atoms with E-state index >= 15 is 0 Å². The van der Waals surface area contributed by atoms with Gasteiger partial charge in [-0.3, -0.25) is 19.4 Å². The molecule has 2 saturated heterocycles. The smallest absolute Gasteiger partial charge is 0.314 e. The van der Waals surface area contributed by atoms with Gasteiger partial charge in [-0.15, -0.1) is 0 Å². The number of likely N-dealkylation sites (tertiary alicyclic amines) is 1. The van der Waals surface area contributed by atoms with Gasteiger partial charge in [0, 0.05) is 25.5 Å². The van der Waals surface area contributed by atoms with Crippen LogP contribution < -0.4 is 5.32 Å². The van der Waals surface area contributed by atoms with Gasteiger partial charge in [0.1, 0.15) is 10.8 Å². The van der Waals surface area contributed by atoms with Crippen molar-refractivity contribution < 1.29 is 23.9 Å². The Labute approximate surface area is 163 Å². The molecule has 3 fully saturated rings.